The van der Waals surface area contributed by atoms with Crippen LogP contribution in [0.15, 0.2) is 89.9 Å². The van der Waals surface area contributed by atoms with Gasteiger partial charge in [-0.25, -0.2) is 0 Å². The highest BCUT2D eigenvalue weighted by Gasteiger charge is 2.39. The van der Waals surface area contributed by atoms with Crippen molar-refractivity contribution in [3.8, 4) is 0 Å². The second kappa shape index (κ2) is 19.9. The van der Waals surface area contributed by atoms with Gasteiger partial charge in [0, 0.05) is 24.8 Å². The van der Waals surface area contributed by atoms with E-state index in [1.54, 1.807) is 19.9 Å². The van der Waals surface area contributed by atoms with E-state index >= 15 is 0 Å². The highest BCUT2D eigenvalue weighted by molar-refractivity contribution is 5.93. The number of carboxylic acid groups (broad SMARTS) is 1. The first-order chi connectivity index (χ1) is 23.2. The summed E-state index contributed by atoms with van der Waals surface area (Å²) < 4.78 is 5.45. The number of para-hydroxylation sites is 1. The molecule has 1 aliphatic rings. The summed E-state index contributed by atoms with van der Waals surface area (Å²) in [5, 5.41) is 15.4. The number of benzene rings is 2. The Hall–Kier alpha value is -4.74. The Morgan fingerprint density at radius 3 is 2.27 bits per heavy atom. The number of likely N-dealkylation sites (N-methyl/N-ethyl adjacent to an activating group) is 1. The van der Waals surface area contributed by atoms with Crippen LogP contribution in [0.3, 0.4) is 0 Å². The van der Waals surface area contributed by atoms with E-state index in [1.165, 1.54) is 12.0 Å². The Morgan fingerprint density at radius 1 is 1.08 bits per heavy atom. The van der Waals surface area contributed by atoms with Crippen molar-refractivity contribution in [1.82, 2.24) is 20.4 Å². The molecule has 11 nitrogen and oxygen atoms in total. The summed E-state index contributed by atoms with van der Waals surface area (Å²) in [6.07, 6.45) is 7.71. The number of anilines is 1. The van der Waals surface area contributed by atoms with Crippen LogP contribution in [-0.2, 0) is 23.9 Å². The van der Waals surface area contributed by atoms with Crippen LogP contribution in [0, 0.1) is 12.8 Å². The van der Waals surface area contributed by atoms with Crippen LogP contribution in [0.1, 0.15) is 64.1 Å². The zero-order chi connectivity index (χ0) is 36.6. The molecule has 1 aliphatic carbocycles. The standard InChI is InChI=1S/C31H44N4O6.C7H9N/c1-22(2)15-25(18-32-27(17-29(38)39)24-12-8-7-9-13-24)35(21-37)30(40)31(3,4)34(5)19-23-11-10-14-26(33-20-36)28(16-23)41-6;1-6-4-2-3-5-7(6)8/h7-10,12-14,16,20-22,25,27,32H,11,15,17-19H2,1-6H3,(H,33,36)(H,38,39);2-5H,8H2,1H3. The number of rotatable bonds is 17. The van der Waals surface area contributed by atoms with Crippen molar-refractivity contribution in [3.05, 3.63) is 101 Å². The molecule has 0 bridgehead atoms. The number of allylic oxidation sites excluding steroid dienone is 3. The predicted octanol–water partition coefficient (Wildman–Crippen LogP) is 4.97. The van der Waals surface area contributed by atoms with Gasteiger partial charge in [0.2, 0.25) is 18.7 Å². The van der Waals surface area contributed by atoms with Crippen LogP contribution in [-0.4, -0.2) is 78.4 Å². The molecule has 0 saturated carbocycles. The topological polar surface area (TPSA) is 154 Å². The molecule has 0 aromatic heterocycles. The maximum atomic E-state index is 13.9. The van der Waals surface area contributed by atoms with Gasteiger partial charge in [0.25, 0.3) is 0 Å². The molecule has 0 heterocycles. The van der Waals surface area contributed by atoms with E-state index in [4.69, 9.17) is 10.5 Å². The van der Waals surface area contributed by atoms with E-state index in [2.05, 4.69) is 10.6 Å². The van der Waals surface area contributed by atoms with Crippen molar-refractivity contribution in [2.24, 2.45) is 5.92 Å². The van der Waals surface area contributed by atoms with E-state index in [-0.39, 0.29) is 24.8 Å². The van der Waals surface area contributed by atoms with Crippen LogP contribution in [0.4, 0.5) is 5.69 Å². The number of carbonyl (C=O) groups excluding carboxylic acids is 3. The third-order valence-electron chi connectivity index (χ3n) is 8.47. The number of carbonyl (C=O) groups is 4. The third kappa shape index (κ3) is 12.7. The second-order valence-corrected chi connectivity index (χ2v) is 13.0. The third-order valence-corrected chi connectivity index (χ3v) is 8.47. The van der Waals surface area contributed by atoms with Gasteiger partial charge in [-0.05, 0) is 81.5 Å². The van der Waals surface area contributed by atoms with Gasteiger partial charge in [0.05, 0.1) is 30.8 Å². The Morgan fingerprint density at radius 2 is 1.73 bits per heavy atom. The zero-order valence-electron chi connectivity index (χ0n) is 29.8. The number of ether oxygens (including phenoxy) is 1. The molecule has 11 heteroatoms. The number of hydrogen-bond acceptors (Lipinski definition) is 8. The van der Waals surface area contributed by atoms with Crippen molar-refractivity contribution in [3.63, 3.8) is 0 Å². The molecule has 0 saturated heterocycles. The normalized spacial score (nSPS) is 14.2. The van der Waals surface area contributed by atoms with Crippen molar-refractivity contribution in [2.45, 2.75) is 71.5 Å². The van der Waals surface area contributed by atoms with Gasteiger partial charge >= 0.3 is 5.97 Å². The first-order valence-electron chi connectivity index (χ1n) is 16.4. The minimum absolute atomic E-state index is 0.132. The molecule has 0 fully saturated rings. The monoisotopic (exact) mass is 675 g/mol. The first-order valence-corrected chi connectivity index (χ1v) is 16.4. The highest BCUT2D eigenvalue weighted by Crippen LogP contribution is 2.25. The number of nitrogen functional groups attached to an aromatic ring is 1. The summed E-state index contributed by atoms with van der Waals surface area (Å²) in [4.78, 5) is 52.0. The van der Waals surface area contributed by atoms with E-state index in [0.717, 1.165) is 22.4 Å². The molecule has 2 unspecified atom stereocenters. The fourth-order valence-electron chi connectivity index (χ4n) is 5.35. The lowest BCUT2D eigenvalue weighted by molar-refractivity contribution is -0.149. The molecule has 49 heavy (non-hydrogen) atoms. The molecule has 0 aliphatic heterocycles. The van der Waals surface area contributed by atoms with Crippen molar-refractivity contribution >= 4 is 30.4 Å². The van der Waals surface area contributed by atoms with E-state index in [0.29, 0.717) is 43.7 Å². The molecule has 0 radical (unpaired) electrons. The summed E-state index contributed by atoms with van der Waals surface area (Å²) in [6, 6.07) is 16.1. The minimum atomic E-state index is -1.05. The molecule has 5 N–H and O–H groups in total. The lowest BCUT2D eigenvalue weighted by Crippen LogP contribution is -2.58. The number of imide groups is 1. The van der Waals surface area contributed by atoms with Gasteiger partial charge in [-0.3, -0.25) is 29.0 Å². The summed E-state index contributed by atoms with van der Waals surface area (Å²) in [6.45, 7) is 10.3. The second-order valence-electron chi connectivity index (χ2n) is 13.0. The molecule has 2 aromatic rings. The maximum Gasteiger partial charge on any atom is 0.305 e. The number of nitrogens with two attached hydrogens (primary N) is 1. The number of nitrogens with zero attached hydrogens (tertiary/aromatic N) is 2. The molecular formula is C38H53N5O6. The first kappa shape index (κ1) is 40.4. The quantitative estimate of drug-likeness (QED) is 0.134. The lowest BCUT2D eigenvalue weighted by Gasteiger charge is -2.40. The number of methoxy groups -OCH3 is 1. The van der Waals surface area contributed by atoms with E-state index in [1.807, 2.05) is 99.5 Å². The largest absolute Gasteiger partial charge is 0.495 e. The van der Waals surface area contributed by atoms with Crippen LogP contribution >= 0.6 is 0 Å². The van der Waals surface area contributed by atoms with Crippen molar-refractivity contribution in [2.75, 3.05) is 33.0 Å². The molecule has 2 aromatic carbocycles. The fraction of sp³-hybridized carbons (Fsp3) is 0.421. The van der Waals surface area contributed by atoms with Crippen molar-refractivity contribution < 1.29 is 29.0 Å². The van der Waals surface area contributed by atoms with Gasteiger partial charge in [-0.2, -0.15) is 0 Å². The Bertz CT molecular complexity index is 1460. The maximum absolute atomic E-state index is 13.9. The van der Waals surface area contributed by atoms with Crippen molar-refractivity contribution in [1.29, 1.82) is 0 Å². The number of nitrogens with one attached hydrogen (secondary N) is 2. The summed E-state index contributed by atoms with van der Waals surface area (Å²) in [5.74, 6) is -0.609. The zero-order valence-corrected chi connectivity index (χ0v) is 29.8. The number of carboxylic acids is 1. The molecule has 3 rings (SSSR count). The van der Waals surface area contributed by atoms with E-state index in [9.17, 15) is 24.3 Å². The molecule has 266 valence electrons. The van der Waals surface area contributed by atoms with Crippen LogP contribution in [0.2, 0.25) is 0 Å². The fourth-order valence-corrected chi connectivity index (χ4v) is 5.35. The average molecular weight is 676 g/mol. The number of hydrogen-bond donors (Lipinski definition) is 4. The predicted molar refractivity (Wildman–Crippen MR) is 193 cm³/mol. The average Bonchev–Trinajstić information content (AvgIpc) is 3.26. The summed E-state index contributed by atoms with van der Waals surface area (Å²) >= 11 is 0. The van der Waals surface area contributed by atoms with Crippen LogP contribution in [0.25, 0.3) is 0 Å². The highest BCUT2D eigenvalue weighted by atomic mass is 16.5. The van der Waals surface area contributed by atoms with E-state index < -0.39 is 23.6 Å². The molecule has 3 amide bonds. The lowest BCUT2D eigenvalue weighted by atomic mass is 9.95. The van der Waals surface area contributed by atoms with Crippen LogP contribution in [0.5, 0.6) is 0 Å². The Balaban J connectivity index is 0.000000908. The number of aliphatic carboxylic acids is 1. The SMILES string of the molecule is COC1=C(NC=O)C=CCC(CN(C)C(C)(C)C(=O)N(C=O)C(CNC(CC(=O)O)c2ccccc2)CC(C)C)=C1.Cc1ccccc1N. The van der Waals surface area contributed by atoms with Crippen LogP contribution < -0.4 is 16.4 Å². The van der Waals surface area contributed by atoms with Gasteiger partial charge < -0.3 is 26.2 Å². The summed E-state index contributed by atoms with van der Waals surface area (Å²) in [5.41, 5.74) is 8.81. The smallest absolute Gasteiger partial charge is 0.305 e. The van der Waals surface area contributed by atoms with Gasteiger partial charge in [0.1, 0.15) is 5.76 Å². The summed E-state index contributed by atoms with van der Waals surface area (Å²) in [7, 11) is 3.35. The van der Waals surface area contributed by atoms with Gasteiger partial charge in [-0.1, -0.05) is 68.5 Å². The molecule has 2 atom stereocenters. The number of amides is 3. The Labute approximate surface area is 290 Å². The van der Waals surface area contributed by atoms with Gasteiger partial charge in [0.15, 0.2) is 0 Å². The molecule has 0 spiro atoms. The minimum Gasteiger partial charge on any atom is -0.495 e. The molecular weight excluding hydrogens is 622 g/mol. The number of aryl methyl sites for hydroxylation is 1. The van der Waals surface area contributed by atoms with Gasteiger partial charge in [-0.15, -0.1) is 0 Å². The Kier molecular flexibility index (Phi) is 16.4.